The van der Waals surface area contributed by atoms with Crippen molar-refractivity contribution >= 4 is 0 Å². The van der Waals surface area contributed by atoms with Gasteiger partial charge in [-0.25, -0.2) is 4.98 Å². The van der Waals surface area contributed by atoms with Crippen molar-refractivity contribution in [2.75, 3.05) is 0 Å². The van der Waals surface area contributed by atoms with Gasteiger partial charge in [0.05, 0.1) is 18.1 Å². The molecule has 0 radical (unpaired) electrons. The largest absolute Gasteiger partial charge is 0.269 e. The topological polar surface area (TPSA) is 47.8 Å². The fraction of sp³-hybridized carbons (Fsp3) is 0.100. The first-order valence-corrected chi connectivity index (χ1v) is 4.24. The third-order valence-corrected chi connectivity index (χ3v) is 1.84. The van der Waals surface area contributed by atoms with Crippen LogP contribution in [0.15, 0.2) is 41.6 Å². The molecule has 0 fully saturated rings. The Hall–Kier alpha value is -1.97. The Morgan fingerprint density at radius 2 is 2.07 bits per heavy atom. The molecule has 0 aromatic carbocycles. The van der Waals surface area contributed by atoms with Gasteiger partial charge in [-0.05, 0) is 13.0 Å². The van der Waals surface area contributed by atoms with Gasteiger partial charge >= 0.3 is 0 Å². The molecule has 0 bridgehead atoms. The second-order valence-corrected chi connectivity index (χ2v) is 2.92. The number of pyridine rings is 1. The van der Waals surface area contributed by atoms with Gasteiger partial charge in [-0.15, -0.1) is 0 Å². The molecule has 0 aliphatic heterocycles. The lowest BCUT2D eigenvalue weighted by molar-refractivity contribution is 0.915. The highest BCUT2D eigenvalue weighted by atomic mass is 16.1. The molecule has 2 heterocycles. The highest BCUT2D eigenvalue weighted by Crippen LogP contribution is 1.98. The van der Waals surface area contributed by atoms with E-state index >= 15 is 0 Å². The van der Waals surface area contributed by atoms with Crippen LogP contribution in [0.2, 0.25) is 0 Å². The molecular weight excluding hydrogens is 178 g/mol. The Morgan fingerprint density at radius 3 is 2.71 bits per heavy atom. The standard InChI is InChI=1S/C10H9N3O/c1-8-6-12-9(7-11-8)13-5-3-2-4-10(13)14/h2-7H,1H3. The van der Waals surface area contributed by atoms with Crippen molar-refractivity contribution < 1.29 is 0 Å². The summed E-state index contributed by atoms with van der Waals surface area (Å²) in [4.78, 5) is 19.6. The Morgan fingerprint density at radius 1 is 1.21 bits per heavy atom. The van der Waals surface area contributed by atoms with E-state index in [1.54, 1.807) is 30.7 Å². The number of aryl methyl sites for hydroxylation is 1. The summed E-state index contributed by atoms with van der Waals surface area (Å²) in [7, 11) is 0. The summed E-state index contributed by atoms with van der Waals surface area (Å²) in [5, 5.41) is 0. The molecule has 0 atom stereocenters. The smallest absolute Gasteiger partial charge is 0.256 e. The van der Waals surface area contributed by atoms with Crippen LogP contribution in [0, 0.1) is 6.92 Å². The molecule has 4 heteroatoms. The molecular formula is C10H9N3O. The number of rotatable bonds is 1. The van der Waals surface area contributed by atoms with Crippen LogP contribution in [0.4, 0.5) is 0 Å². The molecule has 2 aromatic rings. The first-order chi connectivity index (χ1) is 6.77. The molecule has 0 saturated heterocycles. The van der Waals surface area contributed by atoms with E-state index in [0.717, 1.165) is 5.69 Å². The van der Waals surface area contributed by atoms with Crippen LogP contribution in [0.5, 0.6) is 0 Å². The van der Waals surface area contributed by atoms with E-state index in [4.69, 9.17) is 0 Å². The van der Waals surface area contributed by atoms with Gasteiger partial charge in [0, 0.05) is 12.3 Å². The number of hydrogen-bond donors (Lipinski definition) is 0. The minimum Gasteiger partial charge on any atom is -0.269 e. The van der Waals surface area contributed by atoms with E-state index in [1.165, 1.54) is 10.6 Å². The van der Waals surface area contributed by atoms with Gasteiger partial charge in [0.2, 0.25) is 0 Å². The van der Waals surface area contributed by atoms with Crippen molar-refractivity contribution in [2.45, 2.75) is 6.92 Å². The first kappa shape index (κ1) is 8.62. The third-order valence-electron chi connectivity index (χ3n) is 1.84. The summed E-state index contributed by atoms with van der Waals surface area (Å²) in [6.45, 7) is 1.85. The zero-order valence-electron chi connectivity index (χ0n) is 7.71. The Kier molecular flexibility index (Phi) is 2.10. The summed E-state index contributed by atoms with van der Waals surface area (Å²) in [6, 6.07) is 4.96. The fourth-order valence-corrected chi connectivity index (χ4v) is 1.13. The van der Waals surface area contributed by atoms with Crippen LogP contribution in [0.3, 0.4) is 0 Å². The van der Waals surface area contributed by atoms with Gasteiger partial charge in [-0.2, -0.15) is 0 Å². The Bertz CT molecular complexity index is 487. The molecule has 4 nitrogen and oxygen atoms in total. The van der Waals surface area contributed by atoms with Crippen LogP contribution in [0.1, 0.15) is 5.69 Å². The number of hydrogen-bond acceptors (Lipinski definition) is 3. The minimum atomic E-state index is -0.106. The fourth-order valence-electron chi connectivity index (χ4n) is 1.13. The summed E-state index contributed by atoms with van der Waals surface area (Å²) >= 11 is 0. The lowest BCUT2D eigenvalue weighted by Crippen LogP contribution is -2.16. The molecule has 0 aliphatic rings. The Balaban J connectivity index is 2.56. The second kappa shape index (κ2) is 3.41. The molecule has 70 valence electrons. The van der Waals surface area contributed by atoms with Gasteiger partial charge in [0.25, 0.3) is 5.56 Å². The highest BCUT2D eigenvalue weighted by Gasteiger charge is 1.98. The monoisotopic (exact) mass is 187 g/mol. The van der Waals surface area contributed by atoms with Crippen molar-refractivity contribution in [2.24, 2.45) is 0 Å². The maximum Gasteiger partial charge on any atom is 0.256 e. The number of nitrogens with zero attached hydrogens (tertiary/aromatic N) is 3. The lowest BCUT2D eigenvalue weighted by Gasteiger charge is -2.02. The van der Waals surface area contributed by atoms with E-state index in [9.17, 15) is 4.79 Å². The molecule has 0 unspecified atom stereocenters. The summed E-state index contributed by atoms with van der Waals surface area (Å²) < 4.78 is 1.45. The summed E-state index contributed by atoms with van der Waals surface area (Å²) in [6.07, 6.45) is 4.88. The van der Waals surface area contributed by atoms with E-state index in [0.29, 0.717) is 5.82 Å². The summed E-state index contributed by atoms with van der Waals surface area (Å²) in [5.41, 5.74) is 0.725. The molecule has 0 N–H and O–H groups in total. The number of aromatic nitrogens is 3. The van der Waals surface area contributed by atoms with Crippen LogP contribution < -0.4 is 5.56 Å². The predicted octanol–water partition coefficient (Wildman–Crippen LogP) is 0.936. The molecule has 0 aliphatic carbocycles. The van der Waals surface area contributed by atoms with E-state index in [-0.39, 0.29) is 5.56 Å². The average Bonchev–Trinajstić information content (AvgIpc) is 2.20. The van der Waals surface area contributed by atoms with Gasteiger partial charge in [-0.1, -0.05) is 6.07 Å². The second-order valence-electron chi connectivity index (χ2n) is 2.92. The molecule has 0 amide bonds. The summed E-state index contributed by atoms with van der Waals surface area (Å²) in [5.74, 6) is 0.543. The lowest BCUT2D eigenvalue weighted by atomic mass is 10.4. The van der Waals surface area contributed by atoms with E-state index in [2.05, 4.69) is 9.97 Å². The van der Waals surface area contributed by atoms with Crippen molar-refractivity contribution in [3.63, 3.8) is 0 Å². The van der Waals surface area contributed by atoms with Crippen molar-refractivity contribution in [1.29, 1.82) is 0 Å². The third kappa shape index (κ3) is 1.54. The van der Waals surface area contributed by atoms with Crippen LogP contribution >= 0.6 is 0 Å². The quantitative estimate of drug-likeness (QED) is 0.667. The molecule has 0 spiro atoms. The zero-order valence-corrected chi connectivity index (χ0v) is 7.71. The van der Waals surface area contributed by atoms with Crippen LogP contribution in [-0.2, 0) is 0 Å². The minimum absolute atomic E-state index is 0.106. The van der Waals surface area contributed by atoms with Gasteiger partial charge in [-0.3, -0.25) is 14.3 Å². The van der Waals surface area contributed by atoms with Gasteiger partial charge < -0.3 is 0 Å². The first-order valence-electron chi connectivity index (χ1n) is 4.24. The highest BCUT2D eigenvalue weighted by molar-refractivity contribution is 5.19. The molecule has 0 saturated carbocycles. The van der Waals surface area contributed by atoms with Gasteiger partial charge in [0.1, 0.15) is 0 Å². The normalized spacial score (nSPS) is 10.1. The molecule has 14 heavy (non-hydrogen) atoms. The van der Waals surface area contributed by atoms with Gasteiger partial charge in [0.15, 0.2) is 5.82 Å². The van der Waals surface area contributed by atoms with Crippen molar-refractivity contribution in [3.05, 3.63) is 52.8 Å². The predicted molar refractivity (Wildman–Crippen MR) is 52.4 cm³/mol. The maximum atomic E-state index is 11.4. The molecule has 2 rings (SSSR count). The van der Waals surface area contributed by atoms with Crippen LogP contribution in [-0.4, -0.2) is 14.5 Å². The average molecular weight is 187 g/mol. The van der Waals surface area contributed by atoms with Crippen molar-refractivity contribution in [1.82, 2.24) is 14.5 Å². The SMILES string of the molecule is Cc1cnc(-n2ccccc2=O)cn1. The van der Waals surface area contributed by atoms with Crippen molar-refractivity contribution in [3.8, 4) is 5.82 Å². The Labute approximate surface area is 80.9 Å². The van der Waals surface area contributed by atoms with Crippen LogP contribution in [0.25, 0.3) is 5.82 Å². The van der Waals surface area contributed by atoms with E-state index in [1.807, 2.05) is 6.92 Å². The zero-order chi connectivity index (χ0) is 9.97. The molecule has 2 aromatic heterocycles. The van der Waals surface area contributed by atoms with E-state index < -0.39 is 0 Å². The maximum absolute atomic E-state index is 11.4.